The number of hydrazone groups is 1. The zero-order chi connectivity index (χ0) is 12.1. The van der Waals surface area contributed by atoms with E-state index in [1.807, 2.05) is 18.2 Å². The Bertz CT molecular complexity index is 414. The molecule has 2 rings (SSSR count). The minimum Gasteiger partial charge on any atom is -0.350 e. The Kier molecular flexibility index (Phi) is 3.75. The molecule has 0 bridgehead atoms. The van der Waals surface area contributed by atoms with Gasteiger partial charge in [0.05, 0.1) is 0 Å². The van der Waals surface area contributed by atoms with Gasteiger partial charge in [0.1, 0.15) is 0 Å². The average molecular weight is 231 g/mol. The normalized spacial score (nSPS) is 22.4. The number of nitrogens with one attached hydrogen (secondary N) is 1. The van der Waals surface area contributed by atoms with E-state index in [0.29, 0.717) is 5.92 Å². The summed E-state index contributed by atoms with van der Waals surface area (Å²) in [6.07, 6.45) is 4.35. The Labute approximate surface area is 101 Å². The van der Waals surface area contributed by atoms with Crippen LogP contribution in [0.25, 0.3) is 0 Å². The summed E-state index contributed by atoms with van der Waals surface area (Å²) < 4.78 is 0. The smallest absolute Gasteiger partial charge is 0.332 e. The summed E-state index contributed by atoms with van der Waals surface area (Å²) in [6, 6.07) is 9.68. The molecule has 1 aromatic carbocycles. The second-order valence-corrected chi connectivity index (χ2v) is 4.29. The molecule has 3 N–H and O–H groups in total. The van der Waals surface area contributed by atoms with Crippen LogP contribution in [0.5, 0.6) is 0 Å². The molecule has 0 saturated heterocycles. The molecule has 0 heterocycles. The van der Waals surface area contributed by atoms with Gasteiger partial charge in [0.25, 0.3) is 0 Å². The summed E-state index contributed by atoms with van der Waals surface area (Å²) in [4.78, 5) is 10.7. The lowest BCUT2D eigenvalue weighted by Gasteiger charge is -2.24. The van der Waals surface area contributed by atoms with Crippen LogP contribution in [0.1, 0.15) is 37.2 Å². The predicted molar refractivity (Wildman–Crippen MR) is 67.8 cm³/mol. The molecule has 0 unspecified atom stereocenters. The zero-order valence-electron chi connectivity index (χ0n) is 9.73. The molecule has 1 aliphatic carbocycles. The van der Waals surface area contributed by atoms with Gasteiger partial charge in [-0.15, -0.1) is 0 Å². The van der Waals surface area contributed by atoms with Gasteiger partial charge in [-0.25, -0.2) is 10.2 Å². The predicted octanol–water partition coefficient (Wildman–Crippen LogP) is 2.37. The maximum atomic E-state index is 10.7. The molecule has 4 heteroatoms. The summed E-state index contributed by atoms with van der Waals surface area (Å²) in [7, 11) is 0. The zero-order valence-corrected chi connectivity index (χ0v) is 9.73. The van der Waals surface area contributed by atoms with Crippen LogP contribution in [0.3, 0.4) is 0 Å². The van der Waals surface area contributed by atoms with E-state index >= 15 is 0 Å². The maximum Gasteiger partial charge on any atom is 0.332 e. The highest BCUT2D eigenvalue weighted by atomic mass is 16.2. The van der Waals surface area contributed by atoms with Crippen molar-refractivity contribution >= 4 is 11.7 Å². The van der Waals surface area contributed by atoms with Gasteiger partial charge in [-0.3, -0.25) is 0 Å². The first-order valence-corrected chi connectivity index (χ1v) is 5.94. The standard InChI is InChI=1S/C13H17N3O/c14-13(17)16-15-12-9-5-4-8-11(12)10-6-2-1-3-7-10/h1-3,6-7,11H,4-5,8-9H2,(H3,14,16,17)/t11-/m0/s1. The van der Waals surface area contributed by atoms with Crippen molar-refractivity contribution < 1.29 is 4.79 Å². The highest BCUT2D eigenvalue weighted by Crippen LogP contribution is 2.30. The lowest BCUT2D eigenvalue weighted by molar-refractivity contribution is 0.249. The molecule has 0 radical (unpaired) electrons. The Hall–Kier alpha value is -1.84. The lowest BCUT2D eigenvalue weighted by atomic mass is 9.82. The van der Waals surface area contributed by atoms with Gasteiger partial charge in [0, 0.05) is 11.6 Å². The summed E-state index contributed by atoms with van der Waals surface area (Å²) in [5.74, 6) is 0.316. The molecule has 1 aromatic rings. The van der Waals surface area contributed by atoms with E-state index in [2.05, 4.69) is 22.7 Å². The van der Waals surface area contributed by atoms with Gasteiger partial charge in [0.2, 0.25) is 0 Å². The molecular formula is C13H17N3O. The Morgan fingerprint density at radius 3 is 2.76 bits per heavy atom. The molecule has 17 heavy (non-hydrogen) atoms. The van der Waals surface area contributed by atoms with Crippen molar-refractivity contribution in [3.05, 3.63) is 35.9 Å². The Morgan fingerprint density at radius 1 is 1.29 bits per heavy atom. The van der Waals surface area contributed by atoms with Crippen LogP contribution in [0.15, 0.2) is 35.4 Å². The van der Waals surface area contributed by atoms with Gasteiger partial charge in [0.15, 0.2) is 0 Å². The number of primary amides is 1. The fraction of sp³-hybridized carbons (Fsp3) is 0.385. The fourth-order valence-corrected chi connectivity index (χ4v) is 2.30. The molecule has 1 atom stereocenters. The van der Waals surface area contributed by atoms with Crippen LogP contribution in [-0.2, 0) is 0 Å². The lowest BCUT2D eigenvalue weighted by Crippen LogP contribution is -2.28. The summed E-state index contributed by atoms with van der Waals surface area (Å²) in [5.41, 5.74) is 9.67. The molecule has 4 nitrogen and oxygen atoms in total. The first-order valence-electron chi connectivity index (χ1n) is 5.94. The van der Waals surface area contributed by atoms with Gasteiger partial charge >= 0.3 is 6.03 Å². The van der Waals surface area contributed by atoms with Gasteiger partial charge in [-0.05, 0) is 24.8 Å². The van der Waals surface area contributed by atoms with Crippen molar-refractivity contribution in [2.75, 3.05) is 0 Å². The number of benzene rings is 1. The SMILES string of the molecule is NC(=O)NN=C1CCCC[C@H]1c1ccccc1. The van der Waals surface area contributed by atoms with Crippen molar-refractivity contribution in [1.29, 1.82) is 0 Å². The quantitative estimate of drug-likeness (QED) is 0.754. The third-order valence-electron chi connectivity index (χ3n) is 3.09. The number of amides is 2. The molecule has 90 valence electrons. The van der Waals surface area contributed by atoms with Crippen LogP contribution in [0.4, 0.5) is 4.79 Å². The minimum atomic E-state index is -0.602. The first kappa shape index (κ1) is 11.6. The van der Waals surface area contributed by atoms with E-state index in [4.69, 9.17) is 5.73 Å². The van der Waals surface area contributed by atoms with E-state index in [0.717, 1.165) is 25.0 Å². The minimum absolute atomic E-state index is 0.316. The molecular weight excluding hydrogens is 214 g/mol. The van der Waals surface area contributed by atoms with Crippen molar-refractivity contribution in [2.24, 2.45) is 10.8 Å². The molecule has 0 spiro atoms. The number of carbonyl (C=O) groups excluding carboxylic acids is 1. The van der Waals surface area contributed by atoms with Gasteiger partial charge in [-0.1, -0.05) is 36.8 Å². The second kappa shape index (κ2) is 5.48. The number of hydrogen-bond acceptors (Lipinski definition) is 2. The van der Waals surface area contributed by atoms with Crippen LogP contribution in [-0.4, -0.2) is 11.7 Å². The third-order valence-corrected chi connectivity index (χ3v) is 3.09. The van der Waals surface area contributed by atoms with Crippen LogP contribution < -0.4 is 11.2 Å². The van der Waals surface area contributed by atoms with E-state index in [1.54, 1.807) is 0 Å². The first-order chi connectivity index (χ1) is 8.27. The van der Waals surface area contributed by atoms with E-state index in [1.165, 1.54) is 12.0 Å². The molecule has 2 amide bonds. The van der Waals surface area contributed by atoms with E-state index < -0.39 is 6.03 Å². The molecule has 1 saturated carbocycles. The highest BCUT2D eigenvalue weighted by Gasteiger charge is 2.22. The summed E-state index contributed by atoms with van der Waals surface area (Å²) >= 11 is 0. The molecule has 1 aliphatic rings. The largest absolute Gasteiger partial charge is 0.350 e. The number of hydrogen-bond donors (Lipinski definition) is 2. The van der Waals surface area contributed by atoms with Gasteiger partial charge < -0.3 is 5.73 Å². The van der Waals surface area contributed by atoms with Crippen molar-refractivity contribution in [2.45, 2.75) is 31.6 Å². The number of carbonyl (C=O) groups is 1. The Balaban J connectivity index is 2.18. The number of nitrogens with zero attached hydrogens (tertiary/aromatic N) is 1. The highest BCUT2D eigenvalue weighted by molar-refractivity contribution is 5.92. The van der Waals surface area contributed by atoms with E-state index in [9.17, 15) is 4.79 Å². The monoisotopic (exact) mass is 231 g/mol. The van der Waals surface area contributed by atoms with Crippen LogP contribution in [0, 0.1) is 0 Å². The molecule has 0 aromatic heterocycles. The Morgan fingerprint density at radius 2 is 2.06 bits per heavy atom. The maximum absolute atomic E-state index is 10.7. The van der Waals surface area contributed by atoms with Crippen LogP contribution in [0.2, 0.25) is 0 Å². The van der Waals surface area contributed by atoms with Crippen molar-refractivity contribution in [1.82, 2.24) is 5.43 Å². The van der Waals surface area contributed by atoms with E-state index in [-0.39, 0.29) is 0 Å². The number of nitrogens with two attached hydrogens (primary N) is 1. The second-order valence-electron chi connectivity index (χ2n) is 4.29. The summed E-state index contributed by atoms with van der Waals surface area (Å²) in [6.45, 7) is 0. The average Bonchev–Trinajstić information content (AvgIpc) is 2.38. The fourth-order valence-electron chi connectivity index (χ4n) is 2.30. The summed E-state index contributed by atoms with van der Waals surface area (Å²) in [5, 5.41) is 4.13. The van der Waals surface area contributed by atoms with Gasteiger partial charge in [-0.2, -0.15) is 5.10 Å². The third kappa shape index (κ3) is 3.06. The van der Waals surface area contributed by atoms with Crippen LogP contribution >= 0.6 is 0 Å². The molecule has 0 aliphatic heterocycles. The topological polar surface area (TPSA) is 67.5 Å². The number of rotatable bonds is 2. The van der Waals surface area contributed by atoms with Crippen molar-refractivity contribution in [3.8, 4) is 0 Å². The number of urea groups is 1. The van der Waals surface area contributed by atoms with Crippen molar-refractivity contribution in [3.63, 3.8) is 0 Å². The molecule has 1 fully saturated rings.